The molecule has 3 N–H and O–H groups in total. The van der Waals surface area contributed by atoms with Crippen LogP contribution in [0, 0.1) is 0 Å². The summed E-state index contributed by atoms with van der Waals surface area (Å²) >= 11 is 0. The van der Waals surface area contributed by atoms with E-state index in [1.54, 1.807) is 6.20 Å². The summed E-state index contributed by atoms with van der Waals surface area (Å²) in [6, 6.07) is 0. The monoisotopic (exact) mass is 109 g/mol. The molecule has 0 bridgehead atoms. The SMILES string of the molecule is NC1=CNC=CC=C1.[H+]. The lowest BCUT2D eigenvalue weighted by molar-refractivity contribution is 1.17. The lowest BCUT2D eigenvalue weighted by atomic mass is 10.4. The summed E-state index contributed by atoms with van der Waals surface area (Å²) in [5, 5.41) is 2.87. The van der Waals surface area contributed by atoms with Crippen LogP contribution in [0.25, 0.3) is 0 Å². The summed E-state index contributed by atoms with van der Waals surface area (Å²) < 4.78 is 0. The summed E-state index contributed by atoms with van der Waals surface area (Å²) in [6.45, 7) is 0. The van der Waals surface area contributed by atoms with Crippen molar-refractivity contribution in [2.24, 2.45) is 5.73 Å². The van der Waals surface area contributed by atoms with Gasteiger partial charge in [0.25, 0.3) is 0 Å². The van der Waals surface area contributed by atoms with Gasteiger partial charge in [-0.25, -0.2) is 0 Å². The van der Waals surface area contributed by atoms with Crippen molar-refractivity contribution in [2.45, 2.75) is 0 Å². The van der Waals surface area contributed by atoms with E-state index < -0.39 is 0 Å². The van der Waals surface area contributed by atoms with Crippen LogP contribution in [0.2, 0.25) is 0 Å². The molecule has 1 aliphatic rings. The Hall–Kier alpha value is -1.18. The number of allylic oxidation sites excluding steroid dienone is 3. The Labute approximate surface area is 49.9 Å². The Bertz CT molecular complexity index is 156. The molecule has 0 radical (unpaired) electrons. The average Bonchev–Trinajstić information content (AvgIpc) is 1.94. The summed E-state index contributed by atoms with van der Waals surface area (Å²) in [5.74, 6) is 0. The fraction of sp³-hybridized carbons (Fsp3) is 0. The third-order valence-corrected chi connectivity index (χ3v) is 0.842. The van der Waals surface area contributed by atoms with E-state index in [-0.39, 0.29) is 1.43 Å². The van der Waals surface area contributed by atoms with Gasteiger partial charge in [-0.2, -0.15) is 0 Å². The molecule has 0 unspecified atom stereocenters. The minimum absolute atomic E-state index is 0. The second kappa shape index (κ2) is 2.21. The van der Waals surface area contributed by atoms with E-state index in [0.29, 0.717) is 0 Å². The molecule has 0 aromatic rings. The summed E-state index contributed by atoms with van der Waals surface area (Å²) in [6.07, 6.45) is 9.15. The van der Waals surface area contributed by atoms with Gasteiger partial charge < -0.3 is 11.1 Å². The second-order valence-electron chi connectivity index (χ2n) is 1.53. The van der Waals surface area contributed by atoms with Crippen molar-refractivity contribution in [3.63, 3.8) is 0 Å². The Morgan fingerprint density at radius 2 is 2.38 bits per heavy atom. The van der Waals surface area contributed by atoms with E-state index >= 15 is 0 Å². The molecule has 0 spiro atoms. The van der Waals surface area contributed by atoms with Crippen LogP contribution in [-0.2, 0) is 0 Å². The maximum absolute atomic E-state index is 5.41. The number of rotatable bonds is 0. The maximum Gasteiger partial charge on any atom is 1.00 e. The first-order chi connectivity index (χ1) is 3.89. The highest BCUT2D eigenvalue weighted by molar-refractivity contribution is 5.21. The van der Waals surface area contributed by atoms with Crippen molar-refractivity contribution in [1.29, 1.82) is 0 Å². The molecule has 1 rings (SSSR count). The minimum atomic E-state index is 0. The fourth-order valence-corrected chi connectivity index (χ4v) is 0.470. The van der Waals surface area contributed by atoms with Crippen LogP contribution in [-0.4, -0.2) is 0 Å². The van der Waals surface area contributed by atoms with E-state index in [2.05, 4.69) is 5.32 Å². The summed E-state index contributed by atoms with van der Waals surface area (Å²) in [5.41, 5.74) is 6.15. The smallest absolute Gasteiger partial charge is 0.398 e. The van der Waals surface area contributed by atoms with Gasteiger partial charge in [-0.1, -0.05) is 6.08 Å². The molecule has 2 nitrogen and oxygen atoms in total. The molecule has 8 heavy (non-hydrogen) atoms. The first-order valence-electron chi connectivity index (χ1n) is 2.44. The van der Waals surface area contributed by atoms with Gasteiger partial charge >= 0.3 is 1.43 Å². The van der Waals surface area contributed by atoms with Gasteiger partial charge in [-0.3, -0.25) is 0 Å². The van der Waals surface area contributed by atoms with Gasteiger partial charge in [-0.05, 0) is 12.2 Å². The lowest BCUT2D eigenvalue weighted by Crippen LogP contribution is -1.98. The van der Waals surface area contributed by atoms with Crippen LogP contribution in [0.5, 0.6) is 0 Å². The van der Waals surface area contributed by atoms with E-state index in [0.717, 1.165) is 5.70 Å². The van der Waals surface area contributed by atoms with Crippen molar-refractivity contribution in [3.8, 4) is 0 Å². The highest BCUT2D eigenvalue weighted by Crippen LogP contribution is 1.88. The quantitative estimate of drug-likeness (QED) is 0.477. The molecule has 2 heteroatoms. The first kappa shape index (κ1) is 4.97. The van der Waals surface area contributed by atoms with Gasteiger partial charge in [0.2, 0.25) is 0 Å². The first-order valence-corrected chi connectivity index (χ1v) is 2.44. The van der Waals surface area contributed by atoms with Gasteiger partial charge in [0.15, 0.2) is 0 Å². The van der Waals surface area contributed by atoms with E-state index in [1.165, 1.54) is 0 Å². The molecule has 0 saturated heterocycles. The average molecular weight is 109 g/mol. The molecule has 42 valence electrons. The third kappa shape index (κ3) is 1.15. The number of nitrogens with two attached hydrogens (primary N) is 1. The molecule has 0 aliphatic carbocycles. The molecule has 0 amide bonds. The molecule has 1 heterocycles. The maximum atomic E-state index is 5.41. The molecule has 0 saturated carbocycles. The van der Waals surface area contributed by atoms with Crippen molar-refractivity contribution >= 4 is 0 Å². The molecule has 0 fully saturated rings. The normalized spacial score (nSPS) is 16.8. The Balaban J connectivity index is 0.000000640. The van der Waals surface area contributed by atoms with Gasteiger partial charge in [0, 0.05) is 18.1 Å². The van der Waals surface area contributed by atoms with E-state index in [1.807, 2.05) is 24.4 Å². The van der Waals surface area contributed by atoms with Gasteiger partial charge in [0.05, 0.1) is 0 Å². The standard InChI is InChI=1S/C6H8N2/c7-6-3-1-2-4-8-5-6/h1-5,8H,7H2/p+1. The highest BCUT2D eigenvalue weighted by atomic mass is 14.8. The Morgan fingerprint density at radius 3 is 3.25 bits per heavy atom. The fourth-order valence-electron chi connectivity index (χ4n) is 0.470. The zero-order valence-corrected chi connectivity index (χ0v) is 4.46. The van der Waals surface area contributed by atoms with Crippen molar-refractivity contribution in [1.82, 2.24) is 5.32 Å². The topological polar surface area (TPSA) is 38.0 Å². The largest absolute Gasteiger partial charge is 1.00 e. The molecular weight excluding hydrogens is 100 g/mol. The number of hydrogen-bond donors (Lipinski definition) is 2. The van der Waals surface area contributed by atoms with Crippen LogP contribution < -0.4 is 11.1 Å². The van der Waals surface area contributed by atoms with Crippen molar-refractivity contribution in [3.05, 3.63) is 36.3 Å². The zero-order chi connectivity index (χ0) is 5.82. The van der Waals surface area contributed by atoms with Crippen LogP contribution >= 0.6 is 0 Å². The summed E-state index contributed by atoms with van der Waals surface area (Å²) in [4.78, 5) is 0. The zero-order valence-electron chi connectivity index (χ0n) is 5.46. The Morgan fingerprint density at radius 1 is 1.50 bits per heavy atom. The number of nitrogens with one attached hydrogen (secondary N) is 1. The van der Waals surface area contributed by atoms with Crippen molar-refractivity contribution in [2.75, 3.05) is 0 Å². The highest BCUT2D eigenvalue weighted by Gasteiger charge is 1.80. The van der Waals surface area contributed by atoms with Gasteiger partial charge in [-0.15, -0.1) is 0 Å². The predicted molar refractivity (Wildman–Crippen MR) is 34.8 cm³/mol. The predicted octanol–water partition coefficient (Wildman–Crippen LogP) is 0.572. The van der Waals surface area contributed by atoms with Crippen LogP contribution in [0.15, 0.2) is 36.3 Å². The number of hydrogen-bond acceptors (Lipinski definition) is 2. The van der Waals surface area contributed by atoms with Crippen LogP contribution in [0.1, 0.15) is 1.43 Å². The second-order valence-corrected chi connectivity index (χ2v) is 1.53. The van der Waals surface area contributed by atoms with E-state index in [4.69, 9.17) is 5.73 Å². The molecule has 0 atom stereocenters. The van der Waals surface area contributed by atoms with E-state index in [9.17, 15) is 0 Å². The molecular formula is C6H9N2+. The third-order valence-electron chi connectivity index (χ3n) is 0.842. The molecule has 0 aromatic carbocycles. The Kier molecular flexibility index (Phi) is 1.37. The molecule has 1 aliphatic heterocycles. The minimum Gasteiger partial charge on any atom is -0.398 e. The van der Waals surface area contributed by atoms with Crippen LogP contribution in [0.4, 0.5) is 0 Å². The van der Waals surface area contributed by atoms with Crippen molar-refractivity contribution < 1.29 is 1.43 Å². The van der Waals surface area contributed by atoms with Crippen LogP contribution in [0.3, 0.4) is 0 Å². The summed E-state index contributed by atoms with van der Waals surface area (Å²) in [7, 11) is 0. The molecule has 0 aromatic heterocycles. The van der Waals surface area contributed by atoms with Gasteiger partial charge in [0.1, 0.15) is 0 Å². The lowest BCUT2D eigenvalue weighted by Gasteiger charge is -1.87.